The van der Waals surface area contributed by atoms with Gasteiger partial charge in [-0.3, -0.25) is 0 Å². The van der Waals surface area contributed by atoms with E-state index in [1.807, 2.05) is 33.8 Å². The van der Waals surface area contributed by atoms with Gasteiger partial charge >= 0.3 is 12.2 Å². The molecule has 2 atom stereocenters. The van der Waals surface area contributed by atoms with E-state index in [9.17, 15) is 14.0 Å². The molecule has 9 nitrogen and oxygen atoms in total. The van der Waals surface area contributed by atoms with E-state index < -0.39 is 11.7 Å². The van der Waals surface area contributed by atoms with Crippen LogP contribution >= 0.6 is 0 Å². The van der Waals surface area contributed by atoms with E-state index >= 15 is 0 Å². The fourth-order valence-corrected chi connectivity index (χ4v) is 5.84. The van der Waals surface area contributed by atoms with Gasteiger partial charge in [-0.15, -0.1) is 0 Å². The van der Waals surface area contributed by atoms with Crippen LogP contribution in [0.4, 0.5) is 14.0 Å². The van der Waals surface area contributed by atoms with E-state index in [-0.39, 0.29) is 24.0 Å². The van der Waals surface area contributed by atoms with Crippen LogP contribution in [0.25, 0.3) is 0 Å². The summed E-state index contributed by atoms with van der Waals surface area (Å²) in [6.07, 6.45) is 2.56. The zero-order valence-electron chi connectivity index (χ0n) is 24.0. The number of amides is 2. The molecule has 1 unspecified atom stereocenters. The Morgan fingerprint density at radius 1 is 1.21 bits per heavy atom. The summed E-state index contributed by atoms with van der Waals surface area (Å²) in [6.45, 7) is 12.6. The van der Waals surface area contributed by atoms with E-state index in [0.717, 1.165) is 49.4 Å². The maximum Gasteiger partial charge on any atom is 0.409 e. The summed E-state index contributed by atoms with van der Waals surface area (Å²) in [4.78, 5) is 33.5. The summed E-state index contributed by atoms with van der Waals surface area (Å²) >= 11 is 0. The molecule has 39 heavy (non-hydrogen) atoms. The number of alkyl carbamates (subject to hydrolysis) is 1. The summed E-state index contributed by atoms with van der Waals surface area (Å²) < 4.78 is 26.8. The van der Waals surface area contributed by atoms with Gasteiger partial charge in [-0.2, -0.15) is 0 Å². The van der Waals surface area contributed by atoms with E-state index in [4.69, 9.17) is 14.5 Å². The van der Waals surface area contributed by atoms with Gasteiger partial charge in [-0.05, 0) is 71.6 Å². The first kappa shape index (κ1) is 28.9. The molecule has 0 bridgehead atoms. The Morgan fingerprint density at radius 3 is 2.56 bits per heavy atom. The van der Waals surface area contributed by atoms with Gasteiger partial charge in [0.15, 0.2) is 0 Å². The summed E-state index contributed by atoms with van der Waals surface area (Å²) in [7, 11) is 1.41. The minimum absolute atomic E-state index is 0.167. The highest BCUT2D eigenvalue weighted by Gasteiger charge is 2.32. The molecule has 0 spiro atoms. The van der Waals surface area contributed by atoms with Gasteiger partial charge in [-0.25, -0.2) is 19.0 Å². The second-order valence-electron chi connectivity index (χ2n) is 11.7. The summed E-state index contributed by atoms with van der Waals surface area (Å²) in [5.41, 5.74) is 2.30. The molecule has 2 amide bonds. The van der Waals surface area contributed by atoms with Crippen LogP contribution < -0.4 is 5.32 Å². The Kier molecular flexibility index (Phi) is 8.83. The van der Waals surface area contributed by atoms with Crippen LogP contribution in [0.15, 0.2) is 24.3 Å². The number of fused-ring (bicyclic) bond motifs is 1. The number of methoxy groups -OCH3 is 1. The van der Waals surface area contributed by atoms with E-state index in [1.54, 1.807) is 11.0 Å². The quantitative estimate of drug-likeness (QED) is 0.543. The van der Waals surface area contributed by atoms with Crippen LogP contribution in [0.1, 0.15) is 81.8 Å². The molecule has 1 fully saturated rings. The minimum Gasteiger partial charge on any atom is -0.453 e. The zero-order valence-corrected chi connectivity index (χ0v) is 24.0. The molecule has 2 aromatic rings. The van der Waals surface area contributed by atoms with Crippen molar-refractivity contribution >= 4 is 12.2 Å². The molecule has 1 saturated heterocycles. The van der Waals surface area contributed by atoms with Gasteiger partial charge < -0.3 is 29.2 Å². The number of hydrogen-bond donors (Lipinski definition) is 1. The lowest BCUT2D eigenvalue weighted by atomic mass is 9.96. The number of rotatable bonds is 6. The number of imidazole rings is 1. The molecule has 1 aromatic heterocycles. The number of aromatic nitrogens is 2. The van der Waals surface area contributed by atoms with Crippen molar-refractivity contribution in [2.75, 3.05) is 26.7 Å². The normalized spacial score (nSPS) is 18.3. The molecular formula is C29H42FN5O4. The molecule has 2 aliphatic rings. The first-order valence-corrected chi connectivity index (χ1v) is 13.8. The van der Waals surface area contributed by atoms with Gasteiger partial charge in [0.2, 0.25) is 0 Å². The number of benzene rings is 1. The summed E-state index contributed by atoms with van der Waals surface area (Å²) in [6, 6.07) is 6.55. The lowest BCUT2D eigenvalue weighted by molar-refractivity contribution is 0.0486. The van der Waals surface area contributed by atoms with Crippen LogP contribution in [0, 0.1) is 12.7 Å². The van der Waals surface area contributed by atoms with Crippen molar-refractivity contribution in [1.82, 2.24) is 24.7 Å². The van der Waals surface area contributed by atoms with Crippen molar-refractivity contribution in [2.45, 2.75) is 90.6 Å². The van der Waals surface area contributed by atoms with Crippen molar-refractivity contribution in [2.24, 2.45) is 0 Å². The Morgan fingerprint density at radius 2 is 1.92 bits per heavy atom. The van der Waals surface area contributed by atoms with E-state index in [0.29, 0.717) is 25.6 Å². The Bertz CT molecular complexity index is 1170. The van der Waals surface area contributed by atoms with Gasteiger partial charge in [0.05, 0.1) is 25.4 Å². The number of ether oxygens (including phenoxy) is 2. The average molecular weight is 544 g/mol. The fourth-order valence-electron chi connectivity index (χ4n) is 5.84. The van der Waals surface area contributed by atoms with Crippen LogP contribution in [-0.4, -0.2) is 69.9 Å². The highest BCUT2D eigenvalue weighted by molar-refractivity contribution is 5.68. The second-order valence-corrected chi connectivity index (χ2v) is 11.7. The molecule has 214 valence electrons. The number of nitrogens with one attached hydrogen (secondary N) is 1. The molecule has 2 aliphatic heterocycles. The third-order valence-corrected chi connectivity index (χ3v) is 7.67. The van der Waals surface area contributed by atoms with Crippen molar-refractivity contribution in [3.05, 3.63) is 52.9 Å². The number of nitrogens with zero attached hydrogens (tertiary/aromatic N) is 4. The van der Waals surface area contributed by atoms with Gasteiger partial charge in [-0.1, -0.05) is 12.1 Å². The van der Waals surface area contributed by atoms with Crippen LogP contribution in [0.5, 0.6) is 0 Å². The van der Waals surface area contributed by atoms with Crippen LogP contribution in [-0.2, 0) is 22.4 Å². The highest BCUT2D eigenvalue weighted by atomic mass is 19.1. The van der Waals surface area contributed by atoms with Gasteiger partial charge in [0.25, 0.3) is 0 Å². The van der Waals surface area contributed by atoms with Gasteiger partial charge in [0.1, 0.15) is 17.2 Å². The first-order valence-electron chi connectivity index (χ1n) is 13.8. The highest BCUT2D eigenvalue weighted by Crippen LogP contribution is 2.32. The molecule has 1 N–H and O–H groups in total. The SMILES string of the molecule is COC(=O)N1CCc2c(nc(C)n2C2CCN(C(C)C[C@H](NC(=O)OC(C)(C)C)c3cccc(F)c3)CC2)C1. The number of carbonyl (C=O) groups excluding carboxylic acids is 2. The molecule has 1 aromatic carbocycles. The van der Waals surface area contributed by atoms with Crippen molar-refractivity contribution in [1.29, 1.82) is 0 Å². The number of piperidine rings is 1. The van der Waals surface area contributed by atoms with Crippen LogP contribution in [0.3, 0.4) is 0 Å². The Hall–Kier alpha value is -3.14. The minimum atomic E-state index is -0.619. The van der Waals surface area contributed by atoms with Crippen molar-refractivity contribution < 1.29 is 23.5 Å². The summed E-state index contributed by atoms with van der Waals surface area (Å²) in [5.74, 6) is 0.664. The maximum absolute atomic E-state index is 14.1. The number of likely N-dealkylation sites (tertiary alicyclic amines) is 1. The topological polar surface area (TPSA) is 88.9 Å². The molecule has 0 radical (unpaired) electrons. The number of aryl methyl sites for hydroxylation is 1. The number of halogens is 1. The van der Waals surface area contributed by atoms with Crippen molar-refractivity contribution in [3.63, 3.8) is 0 Å². The molecule has 3 heterocycles. The monoisotopic (exact) mass is 543 g/mol. The fraction of sp³-hybridized carbons (Fsp3) is 0.621. The predicted molar refractivity (Wildman–Crippen MR) is 146 cm³/mol. The Balaban J connectivity index is 1.40. The van der Waals surface area contributed by atoms with Crippen LogP contribution in [0.2, 0.25) is 0 Å². The molecular weight excluding hydrogens is 501 g/mol. The van der Waals surface area contributed by atoms with E-state index in [2.05, 4.69) is 21.7 Å². The molecule has 0 saturated carbocycles. The predicted octanol–water partition coefficient (Wildman–Crippen LogP) is 5.14. The smallest absolute Gasteiger partial charge is 0.409 e. The van der Waals surface area contributed by atoms with Crippen molar-refractivity contribution in [3.8, 4) is 0 Å². The third kappa shape index (κ3) is 7.09. The lowest BCUT2D eigenvalue weighted by Gasteiger charge is -2.39. The number of carbonyl (C=O) groups is 2. The second kappa shape index (κ2) is 11.9. The Labute approximate surface area is 230 Å². The standard InChI is InChI=1S/C29H42FN5O4/c1-19(16-24(21-8-7-9-22(30)17-21)32-27(36)39-29(3,4)5)33-13-10-23(11-14-33)35-20(2)31-25-18-34(28(37)38-6)15-12-26(25)35/h7-9,17,19,23-24H,10-16,18H2,1-6H3,(H,32,36)/t19?,24-/m0/s1. The average Bonchev–Trinajstić information content (AvgIpc) is 3.21. The van der Waals surface area contributed by atoms with E-state index in [1.165, 1.54) is 24.9 Å². The molecule has 4 rings (SSSR count). The largest absolute Gasteiger partial charge is 0.453 e. The number of hydrogen-bond acceptors (Lipinski definition) is 6. The summed E-state index contributed by atoms with van der Waals surface area (Å²) in [5, 5.41) is 2.97. The van der Waals surface area contributed by atoms with Gasteiger partial charge in [0, 0.05) is 43.8 Å². The molecule has 0 aliphatic carbocycles. The first-order chi connectivity index (χ1) is 18.4. The zero-order chi connectivity index (χ0) is 28.3. The lowest BCUT2D eigenvalue weighted by Crippen LogP contribution is -2.43. The molecule has 10 heteroatoms. The maximum atomic E-state index is 14.1. The third-order valence-electron chi connectivity index (χ3n) is 7.67.